The number of aryl methyl sites for hydroxylation is 1. The van der Waals surface area contributed by atoms with Crippen LogP contribution in [0.3, 0.4) is 0 Å². The highest BCUT2D eigenvalue weighted by Gasteiger charge is 2.69. The number of anilines is 2. The highest BCUT2D eigenvalue weighted by molar-refractivity contribution is 8.00. The van der Waals surface area contributed by atoms with Crippen molar-refractivity contribution >= 4 is 63.8 Å². The number of nitrogens with one attached hydrogen (secondary N) is 2. The fraction of sp³-hybridized carbons (Fsp3) is 0.314. The van der Waals surface area contributed by atoms with Crippen LogP contribution in [0.25, 0.3) is 0 Å². The van der Waals surface area contributed by atoms with E-state index in [-0.39, 0.29) is 58.1 Å². The molecule has 3 fully saturated rings. The van der Waals surface area contributed by atoms with Crippen LogP contribution in [-0.2, 0) is 14.4 Å². The van der Waals surface area contributed by atoms with Gasteiger partial charge >= 0.3 is 4.87 Å². The van der Waals surface area contributed by atoms with Crippen LogP contribution in [0.2, 0.25) is 5.02 Å². The second kappa shape index (κ2) is 11.6. The Kier molecular flexibility index (Phi) is 7.46. The molecule has 2 bridgehead atoms. The van der Waals surface area contributed by atoms with Crippen molar-refractivity contribution < 1.29 is 23.9 Å². The third kappa shape index (κ3) is 4.98. The Labute approximate surface area is 283 Å². The molecule has 3 amide bonds. The van der Waals surface area contributed by atoms with Crippen LogP contribution in [0.4, 0.5) is 11.4 Å². The second-order valence-electron chi connectivity index (χ2n) is 12.6. The number of aromatic nitrogens is 1. The number of hydrogen-bond acceptors (Lipinski definition) is 8. The smallest absolute Gasteiger partial charge is 0.305 e. The monoisotopic (exact) mass is 687 g/mol. The van der Waals surface area contributed by atoms with Crippen molar-refractivity contribution in [3.05, 3.63) is 97.4 Å². The highest BCUT2D eigenvalue weighted by Crippen LogP contribution is 2.69. The first-order chi connectivity index (χ1) is 22.7. The van der Waals surface area contributed by atoms with E-state index in [1.807, 2.05) is 37.3 Å². The third-order valence-electron chi connectivity index (χ3n) is 10.1. The highest BCUT2D eigenvalue weighted by atomic mass is 35.5. The number of carbonyl (C=O) groups is 3. The molecule has 6 unspecified atom stereocenters. The van der Waals surface area contributed by atoms with E-state index in [9.17, 15) is 19.2 Å². The summed E-state index contributed by atoms with van der Waals surface area (Å²) in [5.41, 5.74) is 3.03. The maximum Gasteiger partial charge on any atom is 0.305 e. The lowest BCUT2D eigenvalue weighted by Crippen LogP contribution is -2.42. The van der Waals surface area contributed by atoms with Gasteiger partial charge in [-0.15, -0.1) is 11.8 Å². The van der Waals surface area contributed by atoms with Gasteiger partial charge < -0.3 is 19.8 Å². The lowest BCUT2D eigenvalue weighted by Gasteiger charge is -2.43. The van der Waals surface area contributed by atoms with Crippen molar-refractivity contribution in [3.63, 3.8) is 0 Å². The van der Waals surface area contributed by atoms with Crippen LogP contribution in [0.5, 0.6) is 11.5 Å². The van der Waals surface area contributed by atoms with Gasteiger partial charge in [-0.3, -0.25) is 24.1 Å². The molecule has 7 atom stereocenters. The predicted octanol–water partition coefficient (Wildman–Crippen LogP) is 6.10. The van der Waals surface area contributed by atoms with Gasteiger partial charge in [0.15, 0.2) is 6.61 Å². The van der Waals surface area contributed by atoms with E-state index in [4.69, 9.17) is 21.1 Å². The van der Waals surface area contributed by atoms with Crippen molar-refractivity contribution in [1.82, 2.24) is 4.98 Å². The molecule has 3 aromatic carbocycles. The lowest BCUT2D eigenvalue weighted by atomic mass is 9.68. The van der Waals surface area contributed by atoms with Crippen molar-refractivity contribution in [2.24, 2.45) is 29.6 Å². The molecule has 47 heavy (non-hydrogen) atoms. The van der Waals surface area contributed by atoms with Crippen LogP contribution in [-0.4, -0.2) is 41.7 Å². The normalized spacial score (nSPS) is 27.0. The van der Waals surface area contributed by atoms with Gasteiger partial charge in [-0.2, -0.15) is 0 Å². The molecule has 2 aliphatic carbocycles. The number of halogens is 1. The summed E-state index contributed by atoms with van der Waals surface area (Å²) in [6, 6.07) is 19.8. The van der Waals surface area contributed by atoms with Crippen molar-refractivity contribution in [1.29, 1.82) is 0 Å². The number of ether oxygens (including phenoxy) is 2. The summed E-state index contributed by atoms with van der Waals surface area (Å²) in [6.07, 6.45) is 0.758. The predicted molar refractivity (Wildman–Crippen MR) is 181 cm³/mol. The number of thiazole rings is 1. The van der Waals surface area contributed by atoms with Gasteiger partial charge in [0.1, 0.15) is 11.5 Å². The van der Waals surface area contributed by atoms with Gasteiger partial charge in [-0.25, -0.2) is 0 Å². The Balaban J connectivity index is 1.12. The topological polar surface area (TPSA) is 118 Å². The number of amides is 3. The summed E-state index contributed by atoms with van der Waals surface area (Å²) >= 11 is 9.37. The number of benzene rings is 3. The molecule has 2 aliphatic heterocycles. The van der Waals surface area contributed by atoms with E-state index in [1.165, 1.54) is 4.90 Å². The summed E-state index contributed by atoms with van der Waals surface area (Å²) in [5.74, 6) is -0.750. The molecule has 1 saturated heterocycles. The molecular formula is C35H30ClN3O6S2. The standard InChI is InChI=1S/C35H30ClN3O6S2/c1-16-3-8-19(9-4-16)39-33(41)28-22-14-23(29(28)34(39)42)30-27(22)26(31-32(46-30)38-35(43)47-31)21-13-17(36)5-12-24(21)45-15-25(40)37-18-6-10-20(44-2)11-7-18/h3-13,22-23,26-30H,14-15H2,1-2H3,(H,37,40)(H,38,43)/t22?,23?,26-,27?,28?,29?,30?/m1/s1. The lowest BCUT2D eigenvalue weighted by molar-refractivity contribution is -0.123. The van der Waals surface area contributed by atoms with Gasteiger partial charge in [-0.05, 0) is 85.7 Å². The number of hydrogen-bond donors (Lipinski definition) is 2. The molecular weight excluding hydrogens is 658 g/mol. The largest absolute Gasteiger partial charge is 0.497 e. The Bertz CT molecular complexity index is 1980. The summed E-state index contributed by atoms with van der Waals surface area (Å²) in [5, 5.41) is 4.12. The van der Waals surface area contributed by atoms with E-state index < -0.39 is 11.8 Å². The number of H-pyrrole nitrogens is 1. The molecule has 240 valence electrons. The van der Waals surface area contributed by atoms with Gasteiger partial charge in [0, 0.05) is 32.3 Å². The maximum atomic E-state index is 14.1. The molecule has 4 aromatic rings. The number of carbonyl (C=O) groups excluding carboxylic acids is 3. The van der Waals surface area contributed by atoms with Crippen molar-refractivity contribution in [2.45, 2.75) is 29.5 Å². The second-order valence-corrected chi connectivity index (χ2v) is 15.2. The van der Waals surface area contributed by atoms with Crippen LogP contribution in [0.15, 0.2) is 76.6 Å². The quantitative estimate of drug-likeness (QED) is 0.226. The number of thioether (sulfide) groups is 1. The first-order valence-electron chi connectivity index (χ1n) is 15.4. The molecule has 12 heteroatoms. The van der Waals surface area contributed by atoms with Gasteiger partial charge in [-0.1, -0.05) is 40.6 Å². The SMILES string of the molecule is COc1ccc(NC(=O)COc2ccc(Cl)cc2[C@H]2c3sc(=O)[nH]c3SC3C4CC(C5C(=O)N(c6ccc(C)cc6)C(=O)C45)C32)cc1. The molecule has 2 N–H and O–H groups in total. The van der Waals surface area contributed by atoms with E-state index in [1.54, 1.807) is 55.3 Å². The minimum absolute atomic E-state index is 0.00363. The van der Waals surface area contributed by atoms with Crippen LogP contribution >= 0.6 is 34.7 Å². The number of imide groups is 1. The first-order valence-corrected chi connectivity index (χ1v) is 17.5. The number of rotatable bonds is 7. The average molecular weight is 688 g/mol. The van der Waals surface area contributed by atoms with Gasteiger partial charge in [0.2, 0.25) is 11.8 Å². The molecule has 0 spiro atoms. The minimum Gasteiger partial charge on any atom is -0.497 e. The Morgan fingerprint density at radius 2 is 1.72 bits per heavy atom. The fourth-order valence-corrected chi connectivity index (χ4v) is 11.3. The zero-order valence-corrected chi connectivity index (χ0v) is 27.8. The number of aromatic amines is 1. The number of methoxy groups -OCH3 is 1. The summed E-state index contributed by atoms with van der Waals surface area (Å²) in [6.45, 7) is 1.72. The molecule has 3 heterocycles. The zero-order valence-electron chi connectivity index (χ0n) is 25.4. The van der Waals surface area contributed by atoms with Crippen molar-refractivity contribution in [3.8, 4) is 11.5 Å². The Hall–Kier alpha value is -4.06. The van der Waals surface area contributed by atoms with Gasteiger partial charge in [0.25, 0.3) is 5.91 Å². The zero-order chi connectivity index (χ0) is 32.6. The molecule has 2 saturated carbocycles. The van der Waals surface area contributed by atoms with E-state index in [0.717, 1.165) is 38.8 Å². The van der Waals surface area contributed by atoms with Gasteiger partial charge in [0.05, 0.1) is 29.7 Å². The summed E-state index contributed by atoms with van der Waals surface area (Å²) < 4.78 is 11.4. The molecule has 9 nitrogen and oxygen atoms in total. The maximum absolute atomic E-state index is 14.1. The molecule has 8 rings (SSSR count). The van der Waals surface area contributed by atoms with E-state index >= 15 is 0 Å². The fourth-order valence-electron chi connectivity index (χ4n) is 8.22. The third-order valence-corrected chi connectivity index (χ3v) is 12.9. The minimum atomic E-state index is -0.436. The van der Waals surface area contributed by atoms with E-state index in [0.29, 0.717) is 27.9 Å². The first kappa shape index (κ1) is 30.3. The van der Waals surface area contributed by atoms with Crippen molar-refractivity contribution in [2.75, 3.05) is 23.9 Å². The van der Waals surface area contributed by atoms with Crippen LogP contribution in [0.1, 0.15) is 28.3 Å². The molecule has 1 aromatic heterocycles. The Morgan fingerprint density at radius 3 is 2.45 bits per heavy atom. The number of nitrogens with zero attached hydrogens (tertiary/aromatic N) is 1. The average Bonchev–Trinajstić information content (AvgIpc) is 3.80. The summed E-state index contributed by atoms with van der Waals surface area (Å²) in [4.78, 5) is 58.8. The Morgan fingerprint density at radius 1 is 1.00 bits per heavy atom. The summed E-state index contributed by atoms with van der Waals surface area (Å²) in [7, 11) is 1.58. The van der Waals surface area contributed by atoms with E-state index in [2.05, 4.69) is 10.3 Å². The molecule has 0 radical (unpaired) electrons. The van der Waals surface area contributed by atoms with Crippen LogP contribution in [0, 0.1) is 36.5 Å². The number of fused-ring (bicyclic) bond motifs is 9. The molecule has 4 aliphatic rings. The van der Waals surface area contributed by atoms with Crippen LogP contribution < -0.4 is 24.6 Å².